The summed E-state index contributed by atoms with van der Waals surface area (Å²) < 4.78 is 45.1. The van der Waals surface area contributed by atoms with Crippen LogP contribution in [0.4, 0.5) is 5.69 Å². The van der Waals surface area contributed by atoms with Crippen LogP contribution in [0.3, 0.4) is 0 Å². The molecule has 0 heterocycles. The molecular weight excluding hydrogens is 426 g/mol. The van der Waals surface area contributed by atoms with Gasteiger partial charge in [0.1, 0.15) is 16.4 Å². The summed E-state index contributed by atoms with van der Waals surface area (Å²) in [6.45, 7) is 0. The van der Waals surface area contributed by atoms with Gasteiger partial charge >= 0.3 is 11.9 Å². The van der Waals surface area contributed by atoms with Crippen LogP contribution < -0.4 is 4.74 Å². The highest BCUT2D eigenvalue weighted by molar-refractivity contribution is 7.90. The maximum Gasteiger partial charge on any atom is 0.337 e. The second kappa shape index (κ2) is 8.92. The Bertz CT molecular complexity index is 1090. The average Bonchev–Trinajstić information content (AvgIpc) is 2.66. The Morgan fingerprint density at radius 3 is 2.28 bits per heavy atom. The number of nitrogens with zero attached hydrogens (tertiary/aromatic N) is 1. The van der Waals surface area contributed by atoms with E-state index in [1.807, 2.05) is 0 Å². The van der Waals surface area contributed by atoms with Gasteiger partial charge in [-0.3, -0.25) is 19.1 Å². The molecule has 0 aliphatic heterocycles. The van der Waals surface area contributed by atoms with Crippen LogP contribution in [0.2, 0.25) is 0 Å². The second-order valence-electron chi connectivity index (χ2n) is 5.64. The Morgan fingerprint density at radius 2 is 1.76 bits per heavy atom. The molecule has 154 valence electrons. The second-order valence-corrected chi connectivity index (χ2v) is 9.07. The van der Waals surface area contributed by atoms with Crippen LogP contribution >= 0.6 is 0 Å². The normalized spacial score (nSPS) is 12.1. The summed E-state index contributed by atoms with van der Waals surface area (Å²) >= 11 is 0. The van der Waals surface area contributed by atoms with Crippen molar-refractivity contribution in [2.24, 2.45) is 0 Å². The largest absolute Gasteiger partial charge is 0.465 e. The minimum atomic E-state index is -3.70. The van der Waals surface area contributed by atoms with Crippen molar-refractivity contribution < 1.29 is 36.6 Å². The number of hydrogen-bond donors (Lipinski definition) is 0. The van der Waals surface area contributed by atoms with E-state index in [4.69, 9.17) is 4.74 Å². The number of sulfone groups is 1. The Morgan fingerprint density at radius 1 is 1.14 bits per heavy atom. The van der Waals surface area contributed by atoms with Gasteiger partial charge in [-0.1, -0.05) is 0 Å². The van der Waals surface area contributed by atoms with E-state index < -0.39 is 48.9 Å². The van der Waals surface area contributed by atoms with Crippen LogP contribution in [0.5, 0.6) is 5.75 Å². The van der Waals surface area contributed by atoms with Gasteiger partial charge in [-0.2, -0.15) is 0 Å². The summed E-state index contributed by atoms with van der Waals surface area (Å²) in [5, 5.41) is 11.2. The van der Waals surface area contributed by atoms with Gasteiger partial charge in [-0.05, 0) is 36.4 Å². The molecule has 29 heavy (non-hydrogen) atoms. The van der Waals surface area contributed by atoms with Gasteiger partial charge in [0.2, 0.25) is 0 Å². The predicted molar refractivity (Wildman–Crippen MR) is 101 cm³/mol. The summed E-state index contributed by atoms with van der Waals surface area (Å²) in [6, 6.07) is 8.28. The minimum absolute atomic E-state index is 0.0709. The number of esters is 2. The van der Waals surface area contributed by atoms with Crippen molar-refractivity contribution >= 4 is 38.3 Å². The number of nitro benzene ring substituents is 1. The summed E-state index contributed by atoms with van der Waals surface area (Å²) in [5.41, 5.74) is -0.445. The first-order valence-corrected chi connectivity index (χ1v) is 11.0. The van der Waals surface area contributed by atoms with E-state index >= 15 is 0 Å². The van der Waals surface area contributed by atoms with Crippen LogP contribution in [0, 0.1) is 10.1 Å². The van der Waals surface area contributed by atoms with Gasteiger partial charge in [0.15, 0.2) is 9.84 Å². The van der Waals surface area contributed by atoms with E-state index in [1.54, 1.807) is 0 Å². The number of carbonyl (C=O) groups excluding carboxylic acids is 2. The number of benzene rings is 2. The first-order chi connectivity index (χ1) is 13.5. The topological polar surface area (TPSA) is 147 Å². The zero-order valence-electron chi connectivity index (χ0n) is 15.2. The maximum absolute atomic E-state index is 12.4. The predicted octanol–water partition coefficient (Wildman–Crippen LogP) is 1.50. The van der Waals surface area contributed by atoms with Gasteiger partial charge in [0.05, 0.1) is 33.3 Å². The molecule has 2 rings (SSSR count). The Hall–Kier alpha value is -3.12. The highest BCUT2D eigenvalue weighted by atomic mass is 32.2. The van der Waals surface area contributed by atoms with E-state index in [-0.39, 0.29) is 21.1 Å². The lowest BCUT2D eigenvalue weighted by Gasteiger charge is -2.07. The molecule has 0 saturated carbocycles. The average molecular weight is 441 g/mol. The summed E-state index contributed by atoms with van der Waals surface area (Å²) in [4.78, 5) is 33.1. The van der Waals surface area contributed by atoms with Gasteiger partial charge in [-0.25, -0.2) is 13.2 Å². The number of carbonyl (C=O) groups is 2. The molecule has 0 fully saturated rings. The van der Waals surface area contributed by atoms with Gasteiger partial charge in [0, 0.05) is 12.3 Å². The van der Waals surface area contributed by atoms with Crippen molar-refractivity contribution in [3.8, 4) is 5.75 Å². The van der Waals surface area contributed by atoms with Crippen LogP contribution in [0.1, 0.15) is 10.4 Å². The molecule has 0 bridgehead atoms. The molecule has 12 heteroatoms. The first kappa shape index (κ1) is 22.2. The Balaban J connectivity index is 2.16. The molecule has 1 unspecified atom stereocenters. The maximum atomic E-state index is 12.4. The van der Waals surface area contributed by atoms with Gasteiger partial charge in [0.25, 0.3) is 5.69 Å². The lowest BCUT2D eigenvalue weighted by atomic mass is 10.2. The highest BCUT2D eigenvalue weighted by Crippen LogP contribution is 2.26. The lowest BCUT2D eigenvalue weighted by Crippen LogP contribution is -2.18. The zero-order chi connectivity index (χ0) is 21.8. The van der Waals surface area contributed by atoms with E-state index in [9.17, 15) is 32.3 Å². The monoisotopic (exact) mass is 441 g/mol. The third-order valence-corrected chi connectivity index (χ3v) is 6.00. The zero-order valence-corrected chi connectivity index (χ0v) is 16.8. The molecule has 0 saturated heterocycles. The van der Waals surface area contributed by atoms with Crippen molar-refractivity contribution in [3.63, 3.8) is 0 Å². The molecule has 2 aromatic carbocycles. The summed E-state index contributed by atoms with van der Waals surface area (Å²) in [6.07, 6.45) is 0.880. The van der Waals surface area contributed by atoms with Crippen LogP contribution in [-0.2, 0) is 30.2 Å². The SMILES string of the molecule is COC(=O)c1ccc(OC(=O)CS(=O)c2ccc(S(C)(=O)=O)cc2[N+](=O)[O-])cc1. The molecule has 0 amide bonds. The van der Waals surface area contributed by atoms with Crippen LogP contribution in [0.15, 0.2) is 52.3 Å². The van der Waals surface area contributed by atoms with E-state index in [1.165, 1.54) is 31.4 Å². The molecule has 0 radical (unpaired) electrons. The van der Waals surface area contributed by atoms with Crippen molar-refractivity contribution in [2.75, 3.05) is 19.1 Å². The highest BCUT2D eigenvalue weighted by Gasteiger charge is 2.24. The molecule has 0 spiro atoms. The third-order valence-electron chi connectivity index (χ3n) is 3.56. The number of ether oxygens (including phenoxy) is 2. The molecule has 0 N–H and O–H groups in total. The standard InChI is InChI=1S/C17H15NO9S2/c1-26-17(20)11-3-5-12(6-4-11)27-16(19)10-28(23)15-8-7-13(29(2,24)25)9-14(15)18(21)22/h3-9H,10H2,1-2H3. The summed E-state index contributed by atoms with van der Waals surface area (Å²) in [7, 11) is -4.64. The van der Waals surface area contributed by atoms with Gasteiger partial charge < -0.3 is 9.47 Å². The minimum Gasteiger partial charge on any atom is -0.465 e. The number of methoxy groups -OCH3 is 1. The Kier molecular flexibility index (Phi) is 6.82. The van der Waals surface area contributed by atoms with E-state index in [0.717, 1.165) is 24.5 Å². The summed E-state index contributed by atoms with van der Waals surface area (Å²) in [5.74, 6) is -2.14. The van der Waals surface area contributed by atoms with Crippen LogP contribution in [0.25, 0.3) is 0 Å². The molecule has 0 aromatic heterocycles. The van der Waals surface area contributed by atoms with E-state index in [2.05, 4.69) is 4.74 Å². The fourth-order valence-electron chi connectivity index (χ4n) is 2.19. The first-order valence-electron chi connectivity index (χ1n) is 7.79. The fourth-order valence-corrected chi connectivity index (χ4v) is 3.84. The van der Waals surface area contributed by atoms with Crippen molar-refractivity contribution in [2.45, 2.75) is 9.79 Å². The molecule has 0 aliphatic rings. The number of nitro groups is 1. The molecule has 2 aromatic rings. The molecule has 0 aliphatic carbocycles. The Labute approximate surface area is 168 Å². The lowest BCUT2D eigenvalue weighted by molar-refractivity contribution is -0.388. The van der Waals surface area contributed by atoms with Crippen molar-refractivity contribution in [3.05, 3.63) is 58.1 Å². The number of rotatable bonds is 7. The molecule has 10 nitrogen and oxygen atoms in total. The van der Waals surface area contributed by atoms with E-state index in [0.29, 0.717) is 0 Å². The van der Waals surface area contributed by atoms with Gasteiger partial charge in [-0.15, -0.1) is 0 Å². The number of hydrogen-bond acceptors (Lipinski definition) is 9. The van der Waals surface area contributed by atoms with Crippen molar-refractivity contribution in [1.82, 2.24) is 0 Å². The quantitative estimate of drug-likeness (QED) is 0.270. The molecule has 1 atom stereocenters. The fraction of sp³-hybridized carbons (Fsp3) is 0.176. The third kappa shape index (κ3) is 5.68. The smallest absolute Gasteiger partial charge is 0.337 e. The van der Waals surface area contributed by atoms with Crippen molar-refractivity contribution in [1.29, 1.82) is 0 Å². The van der Waals surface area contributed by atoms with Crippen LogP contribution in [-0.4, -0.2) is 48.6 Å². The molecular formula is C17H15NO9S2.